The zero-order valence-corrected chi connectivity index (χ0v) is 11.2. The number of aryl methyl sites for hydroxylation is 1. The van der Waals surface area contributed by atoms with Crippen molar-refractivity contribution in [1.82, 2.24) is 9.13 Å². The van der Waals surface area contributed by atoms with Gasteiger partial charge in [0.2, 0.25) is 0 Å². The van der Waals surface area contributed by atoms with E-state index in [9.17, 15) is 9.59 Å². The highest BCUT2D eigenvalue weighted by Crippen LogP contribution is 2.19. The lowest BCUT2D eigenvalue weighted by molar-refractivity contribution is 0.412. The second kappa shape index (κ2) is 5.45. The van der Waals surface area contributed by atoms with Crippen molar-refractivity contribution in [2.24, 2.45) is 7.05 Å². The van der Waals surface area contributed by atoms with Gasteiger partial charge in [-0.1, -0.05) is 6.07 Å². The number of benzene rings is 1. The zero-order chi connectivity index (χ0) is 14.7. The molecule has 0 spiro atoms. The van der Waals surface area contributed by atoms with Gasteiger partial charge in [-0.25, -0.2) is 0 Å². The van der Waals surface area contributed by atoms with Crippen LogP contribution in [0, 0.1) is 11.3 Å². The number of rotatable bonds is 3. The molecule has 0 bridgehead atoms. The second-order valence-electron chi connectivity index (χ2n) is 4.29. The molecule has 0 fully saturated rings. The van der Waals surface area contributed by atoms with Crippen LogP contribution in [0.4, 0.5) is 0 Å². The molecule has 102 valence electrons. The van der Waals surface area contributed by atoms with Crippen LogP contribution in [0.25, 0.3) is 0 Å². The summed E-state index contributed by atoms with van der Waals surface area (Å²) in [4.78, 5) is 23.4. The van der Waals surface area contributed by atoms with Crippen molar-refractivity contribution in [1.29, 1.82) is 5.26 Å². The number of nitriles is 1. The summed E-state index contributed by atoms with van der Waals surface area (Å²) < 4.78 is 7.67. The van der Waals surface area contributed by atoms with E-state index in [0.717, 1.165) is 5.56 Å². The summed E-state index contributed by atoms with van der Waals surface area (Å²) in [5, 5.41) is 8.91. The van der Waals surface area contributed by atoms with Gasteiger partial charge >= 0.3 is 11.1 Å². The largest absolute Gasteiger partial charge is 0.495 e. The lowest BCUT2D eigenvalue weighted by Gasteiger charge is -2.08. The topological polar surface area (TPSA) is 77.0 Å². The maximum Gasteiger partial charge on any atom is 0.316 e. The standard InChI is InChI=1S/C14H13N3O3/c1-16-5-6-17(14(19)13(16)18)9-10-3-4-11(8-15)12(7-10)20-2/h3-7H,9H2,1-2H3. The van der Waals surface area contributed by atoms with Crippen molar-refractivity contribution >= 4 is 0 Å². The Labute approximate surface area is 115 Å². The van der Waals surface area contributed by atoms with E-state index in [2.05, 4.69) is 0 Å². The van der Waals surface area contributed by atoms with Crippen molar-refractivity contribution in [3.05, 3.63) is 62.4 Å². The monoisotopic (exact) mass is 271 g/mol. The van der Waals surface area contributed by atoms with E-state index < -0.39 is 11.1 Å². The molecule has 6 nitrogen and oxygen atoms in total. The molecule has 0 aliphatic rings. The van der Waals surface area contributed by atoms with Gasteiger partial charge in [-0.05, 0) is 17.7 Å². The van der Waals surface area contributed by atoms with Gasteiger partial charge < -0.3 is 13.9 Å². The van der Waals surface area contributed by atoms with E-state index in [0.29, 0.717) is 11.3 Å². The molecular weight excluding hydrogens is 258 g/mol. The third-order valence-electron chi connectivity index (χ3n) is 2.97. The molecule has 1 heterocycles. The van der Waals surface area contributed by atoms with Crippen LogP contribution >= 0.6 is 0 Å². The van der Waals surface area contributed by atoms with Crippen molar-refractivity contribution in [2.45, 2.75) is 6.54 Å². The number of nitrogens with zero attached hydrogens (tertiary/aromatic N) is 3. The quantitative estimate of drug-likeness (QED) is 0.761. The Balaban J connectivity index is 2.41. The number of methoxy groups -OCH3 is 1. The number of hydrogen-bond acceptors (Lipinski definition) is 4. The van der Waals surface area contributed by atoms with Crippen LogP contribution in [0.3, 0.4) is 0 Å². The highest BCUT2D eigenvalue weighted by Gasteiger charge is 2.07. The Hall–Kier alpha value is -2.81. The predicted molar refractivity (Wildman–Crippen MR) is 72.8 cm³/mol. The van der Waals surface area contributed by atoms with Gasteiger partial charge in [-0.3, -0.25) is 9.59 Å². The first-order chi connectivity index (χ1) is 9.56. The van der Waals surface area contributed by atoms with Gasteiger partial charge in [0.25, 0.3) is 0 Å². The van der Waals surface area contributed by atoms with Crippen LogP contribution in [0.15, 0.2) is 40.2 Å². The van der Waals surface area contributed by atoms with Crippen LogP contribution in [0.1, 0.15) is 11.1 Å². The van der Waals surface area contributed by atoms with Crippen LogP contribution in [0.5, 0.6) is 5.75 Å². The molecule has 0 radical (unpaired) electrons. The number of aromatic nitrogens is 2. The third kappa shape index (κ3) is 2.47. The first-order valence-electron chi connectivity index (χ1n) is 5.90. The smallest absolute Gasteiger partial charge is 0.316 e. The first-order valence-corrected chi connectivity index (χ1v) is 5.90. The predicted octanol–water partition coefficient (Wildman–Crippen LogP) is 0.476. The average Bonchev–Trinajstić information content (AvgIpc) is 2.47. The molecule has 0 unspecified atom stereocenters. The minimum atomic E-state index is -0.585. The highest BCUT2D eigenvalue weighted by atomic mass is 16.5. The molecule has 20 heavy (non-hydrogen) atoms. The molecule has 1 aromatic carbocycles. The van der Waals surface area contributed by atoms with E-state index in [1.807, 2.05) is 6.07 Å². The van der Waals surface area contributed by atoms with Gasteiger partial charge in [0.15, 0.2) is 0 Å². The molecule has 6 heteroatoms. The summed E-state index contributed by atoms with van der Waals surface area (Å²) in [6.07, 6.45) is 3.08. The molecule has 1 aromatic heterocycles. The normalized spacial score (nSPS) is 10.1. The fourth-order valence-corrected chi connectivity index (χ4v) is 1.84. The molecule has 0 atom stereocenters. The summed E-state index contributed by atoms with van der Waals surface area (Å²) >= 11 is 0. The minimum Gasteiger partial charge on any atom is -0.495 e. The van der Waals surface area contributed by atoms with Gasteiger partial charge in [-0.15, -0.1) is 0 Å². The van der Waals surface area contributed by atoms with Gasteiger partial charge in [-0.2, -0.15) is 5.26 Å². The van der Waals surface area contributed by atoms with Crippen molar-refractivity contribution in [3.63, 3.8) is 0 Å². The fraction of sp³-hybridized carbons (Fsp3) is 0.214. The molecule has 0 aliphatic carbocycles. The first kappa shape index (κ1) is 13.6. The summed E-state index contributed by atoms with van der Waals surface area (Å²) in [5.41, 5.74) is 0.0372. The third-order valence-corrected chi connectivity index (χ3v) is 2.97. The van der Waals surface area contributed by atoms with Crippen LogP contribution in [-0.4, -0.2) is 16.2 Å². The Morgan fingerprint density at radius 3 is 2.65 bits per heavy atom. The van der Waals surface area contributed by atoms with Gasteiger partial charge in [0.05, 0.1) is 19.2 Å². The summed E-state index contributed by atoms with van der Waals surface area (Å²) in [6, 6.07) is 7.05. The van der Waals surface area contributed by atoms with E-state index >= 15 is 0 Å². The Morgan fingerprint density at radius 2 is 2.00 bits per heavy atom. The molecule has 2 aromatic rings. The lowest BCUT2D eigenvalue weighted by atomic mass is 10.1. The average molecular weight is 271 g/mol. The SMILES string of the molecule is COc1cc(Cn2ccn(C)c(=O)c2=O)ccc1C#N. The fourth-order valence-electron chi connectivity index (χ4n) is 1.84. The Kier molecular flexibility index (Phi) is 3.71. The molecular formula is C14H13N3O3. The molecule has 0 N–H and O–H groups in total. The van der Waals surface area contributed by atoms with Crippen molar-refractivity contribution in [3.8, 4) is 11.8 Å². The van der Waals surface area contributed by atoms with Gasteiger partial charge in [0, 0.05) is 19.4 Å². The minimum absolute atomic E-state index is 0.247. The van der Waals surface area contributed by atoms with Crippen LogP contribution < -0.4 is 15.9 Å². The summed E-state index contributed by atoms with van der Waals surface area (Å²) in [5.74, 6) is 0.446. The zero-order valence-electron chi connectivity index (χ0n) is 11.2. The second-order valence-corrected chi connectivity index (χ2v) is 4.29. The Bertz CT molecular complexity index is 797. The lowest BCUT2D eigenvalue weighted by Crippen LogP contribution is -2.39. The van der Waals surface area contributed by atoms with E-state index in [-0.39, 0.29) is 6.54 Å². The maximum absolute atomic E-state index is 11.8. The molecule has 2 rings (SSSR count). The summed E-state index contributed by atoms with van der Waals surface area (Å²) in [6.45, 7) is 0.247. The van der Waals surface area contributed by atoms with Crippen molar-refractivity contribution < 1.29 is 4.74 Å². The van der Waals surface area contributed by atoms with Gasteiger partial charge in [0.1, 0.15) is 11.8 Å². The Morgan fingerprint density at radius 1 is 1.25 bits per heavy atom. The maximum atomic E-state index is 11.8. The number of hydrogen-bond donors (Lipinski definition) is 0. The molecule has 0 saturated heterocycles. The van der Waals surface area contributed by atoms with Crippen molar-refractivity contribution in [2.75, 3.05) is 7.11 Å². The molecule has 0 saturated carbocycles. The van der Waals surface area contributed by atoms with E-state index in [1.54, 1.807) is 24.4 Å². The molecule has 0 aliphatic heterocycles. The molecule has 0 amide bonds. The summed E-state index contributed by atoms with van der Waals surface area (Å²) in [7, 11) is 3.00. The van der Waals surface area contributed by atoms with Crippen LogP contribution in [-0.2, 0) is 13.6 Å². The number of ether oxygens (including phenoxy) is 1. The van der Waals surface area contributed by atoms with Crippen LogP contribution in [0.2, 0.25) is 0 Å². The van der Waals surface area contributed by atoms with E-state index in [1.165, 1.54) is 29.5 Å². The van der Waals surface area contributed by atoms with E-state index in [4.69, 9.17) is 10.00 Å². The highest BCUT2D eigenvalue weighted by molar-refractivity contribution is 5.45.